The Bertz CT molecular complexity index is 796. The van der Waals surface area contributed by atoms with Crippen LogP contribution < -0.4 is 5.32 Å². The molecule has 3 heterocycles. The molecule has 2 aliphatic rings. The molecule has 0 aromatic carbocycles. The van der Waals surface area contributed by atoms with E-state index in [1.165, 1.54) is 0 Å². The van der Waals surface area contributed by atoms with Gasteiger partial charge in [0.05, 0.1) is 17.7 Å². The fourth-order valence-corrected chi connectivity index (χ4v) is 3.52. The molecule has 25 heavy (non-hydrogen) atoms. The Labute approximate surface area is 142 Å². The number of anilines is 1. The van der Waals surface area contributed by atoms with Gasteiger partial charge in [0.15, 0.2) is 5.82 Å². The second-order valence-corrected chi connectivity index (χ2v) is 5.98. The number of carboxylic acid groups (broad SMARTS) is 1. The average molecular weight is 347 g/mol. The maximum Gasteiger partial charge on any atom is 0.307 e. The van der Waals surface area contributed by atoms with E-state index < -0.39 is 11.5 Å². The van der Waals surface area contributed by atoms with Gasteiger partial charge >= 0.3 is 5.97 Å². The Kier molecular flexibility index (Phi) is 4.64. The summed E-state index contributed by atoms with van der Waals surface area (Å²) in [7, 11) is 0. The first-order valence-corrected chi connectivity index (χ1v) is 7.90. The summed E-state index contributed by atoms with van der Waals surface area (Å²) in [5.41, 5.74) is -0.258. The molecule has 1 saturated carbocycles. The normalized spacial score (nSPS) is 20.8. The van der Waals surface area contributed by atoms with Gasteiger partial charge in [0.25, 0.3) is 12.2 Å². The fraction of sp³-hybridized carbons (Fsp3) is 0.438. The van der Waals surface area contributed by atoms with Crippen molar-refractivity contribution in [1.29, 1.82) is 0 Å². The van der Waals surface area contributed by atoms with Crippen LogP contribution in [0.25, 0.3) is 11.1 Å². The highest BCUT2D eigenvalue weighted by atomic mass is 16.6. The number of hydrogen-bond donors (Lipinski definition) is 2. The number of esters is 1. The lowest BCUT2D eigenvalue weighted by molar-refractivity contribution is -0.149. The fourth-order valence-electron chi connectivity index (χ4n) is 3.52. The van der Waals surface area contributed by atoms with E-state index in [4.69, 9.17) is 19.2 Å². The van der Waals surface area contributed by atoms with Gasteiger partial charge in [-0.25, -0.2) is 4.98 Å². The summed E-state index contributed by atoms with van der Waals surface area (Å²) in [5.74, 6) is -0.674. The van der Waals surface area contributed by atoms with E-state index >= 15 is 0 Å². The van der Waals surface area contributed by atoms with Crippen LogP contribution in [0.2, 0.25) is 0 Å². The summed E-state index contributed by atoms with van der Waals surface area (Å²) in [6.45, 7) is -0.250. The number of ether oxygens (including phenoxy) is 1. The van der Waals surface area contributed by atoms with Gasteiger partial charge < -0.3 is 19.7 Å². The lowest BCUT2D eigenvalue weighted by Gasteiger charge is -2.27. The number of aromatic nitrogens is 2. The SMILES string of the molecule is O=C1CC(C(=O)Nc2noc3ncccc23)C2(CCCC2)O1.O=CO. The number of hydrogen-bond acceptors (Lipinski definition) is 7. The maximum absolute atomic E-state index is 12.6. The Morgan fingerprint density at radius 3 is 2.84 bits per heavy atom. The number of amides is 1. The summed E-state index contributed by atoms with van der Waals surface area (Å²) in [4.78, 5) is 36.7. The van der Waals surface area contributed by atoms with Crippen molar-refractivity contribution in [3.63, 3.8) is 0 Å². The number of pyridine rings is 1. The van der Waals surface area contributed by atoms with Crippen molar-refractivity contribution in [2.75, 3.05) is 5.32 Å². The number of carbonyl (C=O) groups is 3. The minimum Gasteiger partial charge on any atom is -0.483 e. The van der Waals surface area contributed by atoms with Crippen LogP contribution in [0, 0.1) is 5.92 Å². The zero-order valence-corrected chi connectivity index (χ0v) is 13.3. The van der Waals surface area contributed by atoms with Gasteiger partial charge in [-0.05, 0) is 37.8 Å². The van der Waals surface area contributed by atoms with Gasteiger partial charge in [-0.2, -0.15) is 0 Å². The zero-order chi connectivity index (χ0) is 17.9. The van der Waals surface area contributed by atoms with Crippen molar-refractivity contribution in [3.8, 4) is 0 Å². The summed E-state index contributed by atoms with van der Waals surface area (Å²) >= 11 is 0. The molecule has 1 unspecified atom stereocenters. The van der Waals surface area contributed by atoms with E-state index in [-0.39, 0.29) is 24.8 Å². The highest BCUT2D eigenvalue weighted by molar-refractivity contribution is 6.01. The van der Waals surface area contributed by atoms with Crippen LogP contribution in [0.5, 0.6) is 0 Å². The van der Waals surface area contributed by atoms with Crippen LogP contribution >= 0.6 is 0 Å². The number of carbonyl (C=O) groups excluding carboxylic acids is 2. The smallest absolute Gasteiger partial charge is 0.307 e. The molecule has 1 spiro atoms. The van der Waals surface area contributed by atoms with Gasteiger partial charge in [0.1, 0.15) is 5.60 Å². The molecule has 9 nitrogen and oxygen atoms in total. The molecule has 1 aliphatic heterocycles. The molecular formula is C16H17N3O6. The Morgan fingerprint density at radius 1 is 1.40 bits per heavy atom. The van der Waals surface area contributed by atoms with Gasteiger partial charge in [-0.1, -0.05) is 5.16 Å². The van der Waals surface area contributed by atoms with Gasteiger partial charge in [-0.15, -0.1) is 0 Å². The molecule has 9 heteroatoms. The third-order valence-corrected chi connectivity index (χ3v) is 4.58. The van der Waals surface area contributed by atoms with Crippen molar-refractivity contribution in [2.45, 2.75) is 37.7 Å². The van der Waals surface area contributed by atoms with Crippen molar-refractivity contribution in [2.24, 2.45) is 5.92 Å². The average Bonchev–Trinajstić information content (AvgIpc) is 3.29. The van der Waals surface area contributed by atoms with Crippen LogP contribution in [0.3, 0.4) is 0 Å². The van der Waals surface area contributed by atoms with Gasteiger partial charge in [0, 0.05) is 6.20 Å². The first-order chi connectivity index (χ1) is 12.1. The number of nitrogens with zero attached hydrogens (tertiary/aromatic N) is 2. The molecule has 1 atom stereocenters. The van der Waals surface area contributed by atoms with Crippen LogP contribution in [0.1, 0.15) is 32.1 Å². The quantitative estimate of drug-likeness (QED) is 0.620. The van der Waals surface area contributed by atoms with E-state index in [1.807, 2.05) is 0 Å². The van der Waals surface area contributed by atoms with Crippen LogP contribution in [-0.4, -0.2) is 39.2 Å². The maximum atomic E-state index is 12.6. The minimum absolute atomic E-state index is 0.125. The number of fused-ring (bicyclic) bond motifs is 1. The summed E-state index contributed by atoms with van der Waals surface area (Å²) in [6, 6.07) is 3.52. The molecular weight excluding hydrogens is 330 g/mol. The summed E-state index contributed by atoms with van der Waals surface area (Å²) in [6.07, 6.45) is 5.17. The Hall–Kier alpha value is -2.97. The Morgan fingerprint density at radius 2 is 2.12 bits per heavy atom. The number of nitrogens with one attached hydrogen (secondary N) is 1. The first kappa shape index (κ1) is 16.9. The predicted molar refractivity (Wildman–Crippen MR) is 84.5 cm³/mol. The molecule has 132 valence electrons. The van der Waals surface area contributed by atoms with Crippen molar-refractivity contribution >= 4 is 35.3 Å². The monoisotopic (exact) mass is 347 g/mol. The Balaban J connectivity index is 0.000000569. The molecule has 1 amide bonds. The largest absolute Gasteiger partial charge is 0.483 e. The highest BCUT2D eigenvalue weighted by Crippen LogP contribution is 2.46. The van der Waals surface area contributed by atoms with Crippen LogP contribution in [0.15, 0.2) is 22.9 Å². The first-order valence-electron chi connectivity index (χ1n) is 7.90. The topological polar surface area (TPSA) is 132 Å². The lowest BCUT2D eigenvalue weighted by atomic mass is 9.85. The molecule has 1 saturated heterocycles. The van der Waals surface area contributed by atoms with Crippen LogP contribution in [-0.2, 0) is 19.1 Å². The van der Waals surface area contributed by atoms with Crippen molar-refractivity contribution < 1.29 is 28.8 Å². The third kappa shape index (κ3) is 3.17. The second-order valence-electron chi connectivity index (χ2n) is 5.98. The van der Waals surface area contributed by atoms with Gasteiger partial charge in [-0.3, -0.25) is 14.4 Å². The summed E-state index contributed by atoms with van der Waals surface area (Å²) < 4.78 is 10.6. The molecule has 1 aliphatic carbocycles. The molecule has 0 radical (unpaired) electrons. The van der Waals surface area contributed by atoms with Crippen molar-refractivity contribution in [3.05, 3.63) is 18.3 Å². The molecule has 2 aromatic heterocycles. The highest BCUT2D eigenvalue weighted by Gasteiger charge is 2.54. The van der Waals surface area contributed by atoms with E-state index in [0.29, 0.717) is 16.9 Å². The third-order valence-electron chi connectivity index (χ3n) is 4.58. The van der Waals surface area contributed by atoms with Crippen molar-refractivity contribution in [1.82, 2.24) is 10.1 Å². The van der Waals surface area contributed by atoms with E-state index in [0.717, 1.165) is 25.7 Å². The predicted octanol–water partition coefficient (Wildman–Crippen LogP) is 1.74. The standard InChI is InChI=1S/C15H15N3O4.CH2O2/c19-11-8-10(15(21-11)5-1-2-6-15)13(20)17-12-9-4-3-7-16-14(9)22-18-12;2-1-3/h3-4,7,10H,1-2,5-6,8H2,(H,17,18,20);1H,(H,2,3). The molecule has 0 bridgehead atoms. The van der Waals surface area contributed by atoms with E-state index in [2.05, 4.69) is 15.5 Å². The molecule has 2 N–H and O–H groups in total. The molecule has 4 rings (SSSR count). The molecule has 2 aromatic rings. The van der Waals surface area contributed by atoms with Crippen LogP contribution in [0.4, 0.5) is 5.82 Å². The van der Waals surface area contributed by atoms with E-state index in [1.54, 1.807) is 18.3 Å². The minimum atomic E-state index is -0.626. The lowest BCUT2D eigenvalue weighted by Crippen LogP contribution is -2.39. The summed E-state index contributed by atoms with van der Waals surface area (Å²) in [5, 5.41) is 14.1. The second kappa shape index (κ2) is 6.88. The number of rotatable bonds is 2. The zero-order valence-electron chi connectivity index (χ0n) is 13.3. The molecule has 2 fully saturated rings. The van der Waals surface area contributed by atoms with E-state index in [9.17, 15) is 9.59 Å². The van der Waals surface area contributed by atoms with Gasteiger partial charge in [0.2, 0.25) is 5.91 Å².